The predicted octanol–water partition coefficient (Wildman–Crippen LogP) is 0.239. The van der Waals surface area contributed by atoms with Crippen LogP contribution in [0, 0.1) is 12.8 Å². The summed E-state index contributed by atoms with van der Waals surface area (Å²) in [6.07, 6.45) is 1.94. The molecule has 0 amide bonds. The molecule has 5 heteroatoms. The number of H-pyrrole nitrogens is 1. The van der Waals surface area contributed by atoms with E-state index in [9.17, 15) is 4.79 Å². The summed E-state index contributed by atoms with van der Waals surface area (Å²) in [6, 6.07) is 0. The monoisotopic (exact) mass is 223 g/mol. The number of methoxy groups -OCH3 is 1. The molecule has 0 radical (unpaired) electrons. The van der Waals surface area contributed by atoms with Gasteiger partial charge in [0.15, 0.2) is 0 Å². The van der Waals surface area contributed by atoms with Crippen LogP contribution in [0.5, 0.6) is 5.88 Å². The summed E-state index contributed by atoms with van der Waals surface area (Å²) in [4.78, 5) is 18.7. The van der Waals surface area contributed by atoms with Gasteiger partial charge in [0.1, 0.15) is 5.82 Å². The fourth-order valence-corrected chi connectivity index (χ4v) is 2.01. The molecule has 0 bridgehead atoms. The van der Waals surface area contributed by atoms with Crippen LogP contribution in [-0.2, 0) is 6.42 Å². The number of aromatic amines is 1. The Kier molecular flexibility index (Phi) is 3.24. The second-order valence-electron chi connectivity index (χ2n) is 4.21. The summed E-state index contributed by atoms with van der Waals surface area (Å²) >= 11 is 0. The van der Waals surface area contributed by atoms with Crippen LogP contribution in [0.25, 0.3) is 0 Å². The number of rotatable bonds is 3. The highest BCUT2D eigenvalue weighted by Crippen LogP contribution is 2.14. The van der Waals surface area contributed by atoms with Gasteiger partial charge >= 0.3 is 0 Å². The fraction of sp³-hybridized carbons (Fsp3) is 0.636. The van der Waals surface area contributed by atoms with Crippen LogP contribution in [0.15, 0.2) is 4.79 Å². The Bertz CT molecular complexity index is 422. The van der Waals surface area contributed by atoms with E-state index in [1.165, 1.54) is 7.11 Å². The molecule has 0 aliphatic carbocycles. The first-order chi connectivity index (χ1) is 7.70. The minimum absolute atomic E-state index is 0.104. The van der Waals surface area contributed by atoms with E-state index in [0.717, 1.165) is 31.8 Å². The molecule has 1 unspecified atom stereocenters. The molecule has 1 atom stereocenters. The molecule has 1 aliphatic heterocycles. The third kappa shape index (κ3) is 2.24. The maximum atomic E-state index is 11.6. The fourth-order valence-electron chi connectivity index (χ4n) is 2.01. The highest BCUT2D eigenvalue weighted by atomic mass is 16.5. The van der Waals surface area contributed by atoms with E-state index in [0.29, 0.717) is 17.4 Å². The Morgan fingerprint density at radius 2 is 2.38 bits per heavy atom. The normalized spacial score (nSPS) is 20.0. The molecule has 2 heterocycles. The number of hydrogen-bond acceptors (Lipinski definition) is 4. The van der Waals surface area contributed by atoms with E-state index in [1.807, 2.05) is 0 Å². The number of nitrogens with zero attached hydrogens (tertiary/aromatic N) is 1. The average molecular weight is 223 g/mol. The zero-order valence-corrected chi connectivity index (χ0v) is 9.67. The summed E-state index contributed by atoms with van der Waals surface area (Å²) in [5, 5.41) is 3.30. The van der Waals surface area contributed by atoms with Gasteiger partial charge < -0.3 is 15.0 Å². The van der Waals surface area contributed by atoms with Gasteiger partial charge in [-0.1, -0.05) is 0 Å². The molecule has 1 aromatic heterocycles. The number of hydrogen-bond donors (Lipinski definition) is 2. The molecule has 2 rings (SSSR count). The first-order valence-corrected chi connectivity index (χ1v) is 5.55. The number of ether oxygens (including phenoxy) is 1. The molecule has 0 spiro atoms. The Morgan fingerprint density at radius 3 is 3.00 bits per heavy atom. The molecular weight excluding hydrogens is 206 g/mol. The lowest BCUT2D eigenvalue weighted by Gasteiger charge is -2.09. The zero-order chi connectivity index (χ0) is 11.5. The number of nitrogens with one attached hydrogen (secondary N) is 2. The van der Waals surface area contributed by atoms with Crippen molar-refractivity contribution in [3.8, 4) is 5.88 Å². The van der Waals surface area contributed by atoms with Gasteiger partial charge in [0.25, 0.3) is 5.56 Å². The van der Waals surface area contributed by atoms with Crippen LogP contribution < -0.4 is 15.6 Å². The Balaban J connectivity index is 2.20. The SMILES string of the molecule is COc1nc(CC2CCNC2)[nH]c(=O)c1C. The molecule has 0 saturated carbocycles. The maximum Gasteiger partial charge on any atom is 0.257 e. The number of aromatic nitrogens is 2. The van der Waals surface area contributed by atoms with Gasteiger partial charge in [0.05, 0.1) is 12.7 Å². The van der Waals surface area contributed by atoms with Crippen LogP contribution in [0.4, 0.5) is 0 Å². The van der Waals surface area contributed by atoms with E-state index in [2.05, 4.69) is 15.3 Å². The first kappa shape index (κ1) is 11.1. The third-order valence-corrected chi connectivity index (χ3v) is 2.99. The molecule has 5 nitrogen and oxygen atoms in total. The molecule has 1 saturated heterocycles. The molecule has 0 aromatic carbocycles. The van der Waals surface area contributed by atoms with Crippen LogP contribution in [0.1, 0.15) is 17.8 Å². The van der Waals surface area contributed by atoms with Crippen molar-refractivity contribution in [1.82, 2.24) is 15.3 Å². The summed E-state index contributed by atoms with van der Waals surface area (Å²) < 4.78 is 5.08. The van der Waals surface area contributed by atoms with Crippen molar-refractivity contribution in [1.29, 1.82) is 0 Å². The van der Waals surface area contributed by atoms with Crippen molar-refractivity contribution in [2.75, 3.05) is 20.2 Å². The van der Waals surface area contributed by atoms with Gasteiger partial charge in [-0.05, 0) is 32.4 Å². The molecule has 16 heavy (non-hydrogen) atoms. The minimum atomic E-state index is -0.104. The van der Waals surface area contributed by atoms with Crippen LogP contribution in [0.2, 0.25) is 0 Å². The van der Waals surface area contributed by atoms with Gasteiger partial charge in [-0.15, -0.1) is 0 Å². The second kappa shape index (κ2) is 4.65. The van der Waals surface area contributed by atoms with E-state index >= 15 is 0 Å². The van der Waals surface area contributed by atoms with E-state index < -0.39 is 0 Å². The lowest BCUT2D eigenvalue weighted by atomic mass is 10.0. The van der Waals surface area contributed by atoms with Gasteiger partial charge in [-0.3, -0.25) is 4.79 Å². The Hall–Kier alpha value is -1.36. The largest absolute Gasteiger partial charge is 0.481 e. The topological polar surface area (TPSA) is 67.0 Å². The van der Waals surface area contributed by atoms with Crippen LogP contribution in [0.3, 0.4) is 0 Å². The van der Waals surface area contributed by atoms with E-state index in [4.69, 9.17) is 4.74 Å². The summed E-state index contributed by atoms with van der Waals surface area (Å²) in [5.74, 6) is 1.72. The lowest BCUT2D eigenvalue weighted by Crippen LogP contribution is -2.19. The van der Waals surface area contributed by atoms with Crippen LogP contribution >= 0.6 is 0 Å². The van der Waals surface area contributed by atoms with Gasteiger partial charge in [0.2, 0.25) is 5.88 Å². The molecule has 2 N–H and O–H groups in total. The van der Waals surface area contributed by atoms with Crippen molar-refractivity contribution in [2.24, 2.45) is 5.92 Å². The Labute approximate surface area is 94.2 Å². The Morgan fingerprint density at radius 1 is 1.56 bits per heavy atom. The average Bonchev–Trinajstić information content (AvgIpc) is 2.76. The van der Waals surface area contributed by atoms with E-state index in [1.54, 1.807) is 6.92 Å². The van der Waals surface area contributed by atoms with Crippen molar-refractivity contribution in [2.45, 2.75) is 19.8 Å². The maximum absolute atomic E-state index is 11.6. The standard InChI is InChI=1S/C11H17N3O2/c1-7-10(15)13-9(14-11(7)16-2)5-8-3-4-12-6-8/h8,12H,3-6H2,1-2H3,(H,13,14,15). The van der Waals surface area contributed by atoms with Crippen molar-refractivity contribution in [3.05, 3.63) is 21.7 Å². The molecule has 1 fully saturated rings. The predicted molar refractivity (Wildman–Crippen MR) is 60.8 cm³/mol. The zero-order valence-electron chi connectivity index (χ0n) is 9.67. The lowest BCUT2D eigenvalue weighted by molar-refractivity contribution is 0.388. The van der Waals surface area contributed by atoms with Gasteiger partial charge in [-0.2, -0.15) is 4.98 Å². The molecule has 88 valence electrons. The summed E-state index contributed by atoms with van der Waals surface area (Å²) in [7, 11) is 1.54. The molecule has 1 aliphatic rings. The van der Waals surface area contributed by atoms with Gasteiger partial charge in [0, 0.05) is 6.42 Å². The third-order valence-electron chi connectivity index (χ3n) is 2.99. The second-order valence-corrected chi connectivity index (χ2v) is 4.21. The highest BCUT2D eigenvalue weighted by Gasteiger charge is 2.17. The summed E-state index contributed by atoms with van der Waals surface area (Å²) in [6.45, 7) is 3.77. The molecule has 1 aromatic rings. The molecular formula is C11H17N3O2. The first-order valence-electron chi connectivity index (χ1n) is 5.55. The van der Waals surface area contributed by atoms with Crippen molar-refractivity contribution in [3.63, 3.8) is 0 Å². The van der Waals surface area contributed by atoms with Crippen molar-refractivity contribution < 1.29 is 4.74 Å². The smallest absolute Gasteiger partial charge is 0.257 e. The van der Waals surface area contributed by atoms with Gasteiger partial charge in [-0.25, -0.2) is 0 Å². The van der Waals surface area contributed by atoms with E-state index in [-0.39, 0.29) is 5.56 Å². The minimum Gasteiger partial charge on any atom is -0.481 e. The highest BCUT2D eigenvalue weighted by molar-refractivity contribution is 5.22. The summed E-state index contributed by atoms with van der Waals surface area (Å²) in [5.41, 5.74) is 0.434. The quantitative estimate of drug-likeness (QED) is 0.770. The van der Waals surface area contributed by atoms with Crippen molar-refractivity contribution >= 4 is 0 Å². The van der Waals surface area contributed by atoms with Crippen LogP contribution in [-0.4, -0.2) is 30.2 Å².